The standard InChI is InChI=1S/C12H26N2O2SSi2/c1-9(15-18(3,4)5)10-11(16-19(6,7)8)14(2)12(17)13-10/h9H,1-8H3,(H,13,17). The molecule has 110 valence electrons. The molecule has 1 unspecified atom stereocenters. The van der Waals surface area contributed by atoms with Gasteiger partial charge in [-0.15, -0.1) is 0 Å². The molecular formula is C12H26N2O2SSi2. The van der Waals surface area contributed by atoms with Crippen molar-refractivity contribution in [2.24, 2.45) is 7.05 Å². The fraction of sp³-hybridized carbons (Fsp3) is 0.750. The molecule has 1 aromatic rings. The van der Waals surface area contributed by atoms with E-state index in [1.54, 1.807) is 0 Å². The first-order valence-electron chi connectivity index (χ1n) is 6.56. The first-order valence-corrected chi connectivity index (χ1v) is 13.8. The highest BCUT2D eigenvalue weighted by Crippen LogP contribution is 2.30. The lowest BCUT2D eigenvalue weighted by Gasteiger charge is -2.25. The normalized spacial score (nSPS) is 14.5. The summed E-state index contributed by atoms with van der Waals surface area (Å²) in [5.74, 6) is 0.829. The minimum Gasteiger partial charge on any atom is -0.531 e. The number of hydrogen-bond acceptors (Lipinski definition) is 3. The summed E-state index contributed by atoms with van der Waals surface area (Å²) in [6.07, 6.45) is -0.0269. The number of aromatic nitrogens is 2. The van der Waals surface area contributed by atoms with Crippen LogP contribution in [0, 0.1) is 4.77 Å². The summed E-state index contributed by atoms with van der Waals surface area (Å²) in [5.41, 5.74) is 0.956. The molecule has 0 saturated carbocycles. The second-order valence-corrected chi connectivity index (χ2v) is 16.1. The molecule has 0 amide bonds. The van der Waals surface area contributed by atoms with Crippen molar-refractivity contribution < 1.29 is 8.85 Å². The van der Waals surface area contributed by atoms with Crippen LogP contribution in [0.5, 0.6) is 5.88 Å². The third-order valence-corrected chi connectivity index (χ3v) is 4.66. The number of H-pyrrole nitrogens is 1. The molecule has 1 N–H and O–H groups in total. The third kappa shape index (κ3) is 4.90. The van der Waals surface area contributed by atoms with Gasteiger partial charge < -0.3 is 13.8 Å². The van der Waals surface area contributed by atoms with E-state index in [1.165, 1.54) is 0 Å². The topological polar surface area (TPSA) is 39.2 Å². The van der Waals surface area contributed by atoms with Gasteiger partial charge in [0.1, 0.15) is 5.69 Å². The Labute approximate surface area is 123 Å². The van der Waals surface area contributed by atoms with Crippen molar-refractivity contribution in [2.75, 3.05) is 0 Å². The summed E-state index contributed by atoms with van der Waals surface area (Å²) in [6, 6.07) is 0. The lowest BCUT2D eigenvalue weighted by atomic mass is 10.3. The van der Waals surface area contributed by atoms with E-state index in [9.17, 15) is 0 Å². The zero-order valence-corrected chi connectivity index (χ0v) is 16.1. The zero-order valence-electron chi connectivity index (χ0n) is 13.2. The maximum Gasteiger partial charge on any atom is 0.244 e. The van der Waals surface area contributed by atoms with Crippen molar-refractivity contribution in [3.63, 3.8) is 0 Å². The number of nitrogens with one attached hydrogen (secondary N) is 1. The number of hydrogen-bond donors (Lipinski definition) is 1. The van der Waals surface area contributed by atoms with Gasteiger partial charge in [-0.1, -0.05) is 0 Å². The molecule has 1 heterocycles. The van der Waals surface area contributed by atoms with Crippen molar-refractivity contribution >= 4 is 28.9 Å². The molecule has 1 atom stereocenters. The van der Waals surface area contributed by atoms with Gasteiger partial charge in [-0.3, -0.25) is 4.57 Å². The average molecular weight is 319 g/mol. The van der Waals surface area contributed by atoms with Gasteiger partial charge in [-0.2, -0.15) is 0 Å². The molecule has 0 aliphatic heterocycles. The maximum absolute atomic E-state index is 6.16. The molecule has 0 spiro atoms. The molecule has 0 fully saturated rings. The van der Waals surface area contributed by atoms with Gasteiger partial charge in [0.25, 0.3) is 0 Å². The summed E-state index contributed by atoms with van der Waals surface area (Å²) in [6.45, 7) is 15.1. The van der Waals surface area contributed by atoms with Crippen LogP contribution in [0.4, 0.5) is 0 Å². The van der Waals surface area contributed by atoms with Gasteiger partial charge in [-0.25, -0.2) is 0 Å². The Morgan fingerprint density at radius 2 is 1.63 bits per heavy atom. The molecule has 0 aliphatic rings. The van der Waals surface area contributed by atoms with Gasteiger partial charge in [-0.05, 0) is 58.4 Å². The lowest BCUT2D eigenvalue weighted by Crippen LogP contribution is -2.32. The Morgan fingerprint density at radius 1 is 1.11 bits per heavy atom. The van der Waals surface area contributed by atoms with E-state index in [1.807, 2.05) is 11.6 Å². The van der Waals surface area contributed by atoms with E-state index in [4.69, 9.17) is 21.1 Å². The van der Waals surface area contributed by atoms with E-state index in [-0.39, 0.29) is 6.10 Å². The van der Waals surface area contributed by atoms with Crippen molar-refractivity contribution in [2.45, 2.75) is 52.3 Å². The molecule has 0 radical (unpaired) electrons. The molecule has 19 heavy (non-hydrogen) atoms. The summed E-state index contributed by atoms with van der Waals surface area (Å²) in [5, 5.41) is 0. The highest BCUT2D eigenvalue weighted by Gasteiger charge is 2.27. The molecule has 0 aliphatic carbocycles. The van der Waals surface area contributed by atoms with Crippen molar-refractivity contribution in [1.29, 1.82) is 0 Å². The van der Waals surface area contributed by atoms with Crippen LogP contribution in [0.2, 0.25) is 39.3 Å². The lowest BCUT2D eigenvalue weighted by molar-refractivity contribution is 0.211. The minimum absolute atomic E-state index is 0.0269. The Hall–Kier alpha value is -0.376. The van der Waals surface area contributed by atoms with Crippen molar-refractivity contribution in [3.8, 4) is 5.88 Å². The smallest absolute Gasteiger partial charge is 0.244 e. The second-order valence-electron chi connectivity index (χ2n) is 6.79. The molecule has 4 nitrogen and oxygen atoms in total. The maximum atomic E-state index is 6.16. The Morgan fingerprint density at radius 3 is 2.05 bits per heavy atom. The molecule has 7 heteroatoms. The van der Waals surface area contributed by atoms with E-state index < -0.39 is 16.6 Å². The van der Waals surface area contributed by atoms with Crippen LogP contribution in [-0.2, 0) is 11.5 Å². The number of imidazole rings is 1. The van der Waals surface area contributed by atoms with Crippen LogP contribution in [0.15, 0.2) is 0 Å². The second kappa shape index (κ2) is 5.55. The van der Waals surface area contributed by atoms with Gasteiger partial charge >= 0.3 is 0 Å². The summed E-state index contributed by atoms with van der Waals surface area (Å²) >= 11 is 5.31. The Balaban J connectivity index is 3.14. The first-order chi connectivity index (χ1) is 8.41. The van der Waals surface area contributed by atoms with Crippen LogP contribution in [0.1, 0.15) is 18.7 Å². The summed E-state index contributed by atoms with van der Waals surface area (Å²) in [4.78, 5) is 3.23. The van der Waals surface area contributed by atoms with Crippen LogP contribution in [0.3, 0.4) is 0 Å². The first kappa shape index (κ1) is 16.7. The van der Waals surface area contributed by atoms with E-state index in [2.05, 4.69) is 51.2 Å². The van der Waals surface area contributed by atoms with E-state index in [0.29, 0.717) is 4.77 Å². The van der Waals surface area contributed by atoms with E-state index >= 15 is 0 Å². The highest BCUT2D eigenvalue weighted by molar-refractivity contribution is 7.71. The number of aromatic amines is 1. The number of nitrogens with zero attached hydrogens (tertiary/aromatic N) is 1. The molecule has 1 rings (SSSR count). The molecular weight excluding hydrogens is 292 g/mol. The minimum atomic E-state index is -1.68. The summed E-state index contributed by atoms with van der Waals surface area (Å²) in [7, 11) is -1.35. The number of rotatable bonds is 5. The van der Waals surface area contributed by atoms with Gasteiger partial charge in [0, 0.05) is 7.05 Å². The predicted octanol–water partition coefficient (Wildman–Crippen LogP) is 4.21. The quantitative estimate of drug-likeness (QED) is 0.653. The fourth-order valence-corrected chi connectivity index (χ4v) is 4.00. The van der Waals surface area contributed by atoms with Gasteiger partial charge in [0.05, 0.1) is 6.10 Å². The average Bonchev–Trinajstić information content (AvgIpc) is 2.41. The Bertz CT molecular complexity index is 497. The van der Waals surface area contributed by atoms with Gasteiger partial charge in [0.15, 0.2) is 13.1 Å². The zero-order chi connectivity index (χ0) is 15.0. The van der Waals surface area contributed by atoms with Crippen LogP contribution in [0.25, 0.3) is 0 Å². The van der Waals surface area contributed by atoms with Crippen LogP contribution in [-0.4, -0.2) is 26.2 Å². The Kier molecular flexibility index (Phi) is 4.87. The van der Waals surface area contributed by atoms with Crippen LogP contribution >= 0.6 is 12.2 Å². The molecule has 0 aromatic carbocycles. The highest BCUT2D eigenvalue weighted by atomic mass is 32.1. The van der Waals surface area contributed by atoms with Crippen LogP contribution < -0.4 is 4.43 Å². The van der Waals surface area contributed by atoms with Gasteiger partial charge in [0.2, 0.25) is 14.2 Å². The summed E-state index contributed by atoms with van der Waals surface area (Å²) < 4.78 is 14.9. The predicted molar refractivity (Wildman–Crippen MR) is 87.4 cm³/mol. The van der Waals surface area contributed by atoms with Crippen molar-refractivity contribution in [1.82, 2.24) is 9.55 Å². The molecule has 1 aromatic heterocycles. The molecule has 0 saturated heterocycles. The largest absolute Gasteiger partial charge is 0.531 e. The van der Waals surface area contributed by atoms with Crippen molar-refractivity contribution in [3.05, 3.63) is 10.5 Å². The molecule has 0 bridgehead atoms. The SMILES string of the molecule is CC(O[Si](C)(C)C)c1[nH]c(=S)n(C)c1O[Si](C)(C)C. The third-order valence-electron chi connectivity index (χ3n) is 2.42. The van der Waals surface area contributed by atoms with E-state index in [0.717, 1.165) is 11.6 Å². The fourth-order valence-electron chi connectivity index (χ4n) is 1.80. The monoisotopic (exact) mass is 318 g/mol.